The number of ether oxygens (including phenoxy) is 1. The van der Waals surface area contributed by atoms with E-state index in [4.69, 9.17) is 9.73 Å². The molecule has 0 saturated carbocycles. The SMILES string of the molecule is CCCCCCC(/C=C/C(C)=O)=C1\OC(=Nc2ccccc2)c2ccccc21. The maximum atomic E-state index is 11.5. The minimum absolute atomic E-state index is 0.0381. The number of benzene rings is 2. The Balaban J connectivity index is 1.99. The van der Waals surface area contributed by atoms with Crippen molar-refractivity contribution < 1.29 is 9.53 Å². The van der Waals surface area contributed by atoms with Gasteiger partial charge in [0.1, 0.15) is 5.76 Å². The number of rotatable bonds is 8. The molecule has 1 aliphatic heterocycles. The molecule has 3 heteroatoms. The predicted molar refractivity (Wildman–Crippen MR) is 116 cm³/mol. The number of hydrogen-bond donors (Lipinski definition) is 0. The predicted octanol–water partition coefficient (Wildman–Crippen LogP) is 6.62. The van der Waals surface area contributed by atoms with Crippen molar-refractivity contribution >= 4 is 23.1 Å². The molecule has 0 spiro atoms. The first kappa shape index (κ1) is 19.8. The van der Waals surface area contributed by atoms with Gasteiger partial charge >= 0.3 is 0 Å². The molecule has 3 rings (SSSR count). The topological polar surface area (TPSA) is 38.7 Å². The van der Waals surface area contributed by atoms with Gasteiger partial charge in [0.15, 0.2) is 5.78 Å². The maximum Gasteiger partial charge on any atom is 0.227 e. The zero-order valence-corrected chi connectivity index (χ0v) is 16.7. The van der Waals surface area contributed by atoms with Crippen LogP contribution in [0.5, 0.6) is 0 Å². The lowest BCUT2D eigenvalue weighted by molar-refractivity contribution is -0.112. The molecule has 0 fully saturated rings. The lowest BCUT2D eigenvalue weighted by atomic mass is 10.00. The fourth-order valence-corrected chi connectivity index (χ4v) is 3.25. The molecule has 0 aliphatic carbocycles. The van der Waals surface area contributed by atoms with Gasteiger partial charge in [-0.3, -0.25) is 4.79 Å². The van der Waals surface area contributed by atoms with Crippen LogP contribution in [0.4, 0.5) is 5.69 Å². The number of hydrogen-bond acceptors (Lipinski definition) is 3. The molecule has 0 radical (unpaired) electrons. The largest absolute Gasteiger partial charge is 0.437 e. The Morgan fingerprint density at radius 3 is 2.36 bits per heavy atom. The molecule has 0 amide bonds. The van der Waals surface area contributed by atoms with Gasteiger partial charge in [-0.05, 0) is 49.6 Å². The highest BCUT2D eigenvalue weighted by Gasteiger charge is 2.26. The van der Waals surface area contributed by atoms with Gasteiger partial charge in [-0.1, -0.05) is 68.7 Å². The standard InChI is InChI=1S/C25H27NO2/c1-3-4-5-7-12-20(18-17-19(2)27)24-22-15-10-11-16-23(22)25(28-24)26-21-13-8-6-9-14-21/h6,8-11,13-18H,3-5,7,12H2,1-2H3/b18-17+,24-20+,26-25?. The summed E-state index contributed by atoms with van der Waals surface area (Å²) in [5.74, 6) is 1.47. The Morgan fingerprint density at radius 1 is 0.929 bits per heavy atom. The van der Waals surface area contributed by atoms with Crippen LogP contribution < -0.4 is 0 Å². The van der Waals surface area contributed by atoms with E-state index in [0.29, 0.717) is 5.90 Å². The first-order chi connectivity index (χ1) is 13.7. The van der Waals surface area contributed by atoms with Crippen LogP contribution in [0.2, 0.25) is 0 Å². The van der Waals surface area contributed by atoms with Gasteiger partial charge in [0.25, 0.3) is 0 Å². The van der Waals surface area contributed by atoms with Crippen molar-refractivity contribution in [2.75, 3.05) is 0 Å². The Hall–Kier alpha value is -2.94. The molecule has 0 bridgehead atoms. The molecule has 144 valence electrons. The van der Waals surface area contributed by atoms with Gasteiger partial charge in [-0.15, -0.1) is 0 Å². The van der Waals surface area contributed by atoms with Gasteiger partial charge in [0.05, 0.1) is 5.69 Å². The minimum atomic E-state index is 0.0381. The van der Waals surface area contributed by atoms with Crippen molar-refractivity contribution in [1.29, 1.82) is 0 Å². The van der Waals surface area contributed by atoms with Crippen molar-refractivity contribution in [3.05, 3.63) is 83.4 Å². The molecule has 0 atom stereocenters. The number of ketones is 1. The van der Waals surface area contributed by atoms with Gasteiger partial charge in [-0.25, -0.2) is 4.99 Å². The van der Waals surface area contributed by atoms with Crippen LogP contribution in [-0.4, -0.2) is 11.7 Å². The van der Waals surface area contributed by atoms with Crippen molar-refractivity contribution in [3.8, 4) is 0 Å². The first-order valence-electron chi connectivity index (χ1n) is 10.0. The summed E-state index contributed by atoms with van der Waals surface area (Å²) >= 11 is 0. The minimum Gasteiger partial charge on any atom is -0.437 e. The summed E-state index contributed by atoms with van der Waals surface area (Å²) in [6.45, 7) is 3.78. The normalized spacial score (nSPS) is 16.3. The summed E-state index contributed by atoms with van der Waals surface area (Å²) in [6, 6.07) is 17.9. The maximum absolute atomic E-state index is 11.5. The zero-order valence-electron chi connectivity index (χ0n) is 16.7. The number of aliphatic imine (C=N–C) groups is 1. The highest BCUT2D eigenvalue weighted by atomic mass is 16.5. The third kappa shape index (κ3) is 5.07. The van der Waals surface area contributed by atoms with Gasteiger partial charge in [0.2, 0.25) is 5.90 Å². The average molecular weight is 373 g/mol. The highest BCUT2D eigenvalue weighted by molar-refractivity contribution is 6.07. The van der Waals surface area contributed by atoms with Crippen LogP contribution in [-0.2, 0) is 9.53 Å². The van der Waals surface area contributed by atoms with E-state index < -0.39 is 0 Å². The number of para-hydroxylation sites is 1. The van der Waals surface area contributed by atoms with Gasteiger partial charge in [-0.2, -0.15) is 0 Å². The van der Waals surface area contributed by atoms with E-state index in [1.54, 1.807) is 13.0 Å². The monoisotopic (exact) mass is 373 g/mol. The molecular formula is C25H27NO2. The van der Waals surface area contributed by atoms with Crippen LogP contribution >= 0.6 is 0 Å². The summed E-state index contributed by atoms with van der Waals surface area (Å²) in [5.41, 5.74) is 3.94. The van der Waals surface area contributed by atoms with E-state index in [1.807, 2.05) is 54.6 Å². The first-order valence-corrected chi connectivity index (χ1v) is 10.0. The molecule has 28 heavy (non-hydrogen) atoms. The van der Waals surface area contributed by atoms with Crippen LogP contribution in [0.3, 0.4) is 0 Å². The molecule has 0 aromatic heterocycles. The van der Waals surface area contributed by atoms with Crippen molar-refractivity contribution in [2.24, 2.45) is 4.99 Å². The van der Waals surface area contributed by atoms with Crippen LogP contribution in [0, 0.1) is 0 Å². The van der Waals surface area contributed by atoms with E-state index in [-0.39, 0.29) is 5.78 Å². The van der Waals surface area contributed by atoms with Crippen molar-refractivity contribution in [1.82, 2.24) is 0 Å². The van der Waals surface area contributed by atoms with E-state index in [0.717, 1.165) is 41.0 Å². The quantitative estimate of drug-likeness (QED) is 0.385. The van der Waals surface area contributed by atoms with E-state index in [9.17, 15) is 4.79 Å². The van der Waals surface area contributed by atoms with Crippen molar-refractivity contribution in [3.63, 3.8) is 0 Å². The summed E-state index contributed by atoms with van der Waals surface area (Å²) in [6.07, 6.45) is 9.08. The fourth-order valence-electron chi connectivity index (χ4n) is 3.25. The number of carbonyl (C=O) groups is 1. The Morgan fingerprint density at radius 2 is 1.64 bits per heavy atom. The molecule has 2 aromatic carbocycles. The van der Waals surface area contributed by atoms with Crippen LogP contribution in [0.1, 0.15) is 57.1 Å². The third-order valence-electron chi connectivity index (χ3n) is 4.70. The average Bonchev–Trinajstić information content (AvgIpc) is 3.06. The smallest absolute Gasteiger partial charge is 0.227 e. The molecule has 0 N–H and O–H groups in total. The lowest BCUT2D eigenvalue weighted by Gasteiger charge is -2.08. The zero-order chi connectivity index (χ0) is 19.8. The molecule has 0 saturated heterocycles. The Labute approximate surface area is 167 Å². The Kier molecular flexibility index (Phi) is 6.96. The number of carbonyl (C=O) groups excluding carboxylic acids is 1. The summed E-state index contributed by atoms with van der Waals surface area (Å²) in [5, 5.41) is 0. The second-order valence-corrected chi connectivity index (χ2v) is 7.01. The molecular weight excluding hydrogens is 346 g/mol. The number of unbranched alkanes of at least 4 members (excludes halogenated alkanes) is 3. The lowest BCUT2D eigenvalue weighted by Crippen LogP contribution is -1.97. The summed E-state index contributed by atoms with van der Waals surface area (Å²) in [4.78, 5) is 16.2. The second kappa shape index (κ2) is 9.84. The summed E-state index contributed by atoms with van der Waals surface area (Å²) < 4.78 is 6.25. The molecule has 1 aliphatic rings. The third-order valence-corrected chi connectivity index (χ3v) is 4.70. The molecule has 0 unspecified atom stereocenters. The number of nitrogens with zero attached hydrogens (tertiary/aromatic N) is 1. The second-order valence-electron chi connectivity index (χ2n) is 7.01. The number of fused-ring (bicyclic) bond motifs is 1. The molecule has 2 aromatic rings. The van der Waals surface area contributed by atoms with E-state index in [1.165, 1.54) is 19.3 Å². The van der Waals surface area contributed by atoms with Gasteiger partial charge < -0.3 is 4.74 Å². The number of allylic oxidation sites excluding steroid dienone is 3. The molecule has 3 nitrogen and oxygen atoms in total. The van der Waals surface area contributed by atoms with E-state index in [2.05, 4.69) is 13.0 Å². The van der Waals surface area contributed by atoms with Crippen LogP contribution in [0.25, 0.3) is 5.76 Å². The highest BCUT2D eigenvalue weighted by Crippen LogP contribution is 2.35. The van der Waals surface area contributed by atoms with E-state index >= 15 is 0 Å². The molecule has 1 heterocycles. The summed E-state index contributed by atoms with van der Waals surface area (Å²) in [7, 11) is 0. The van der Waals surface area contributed by atoms with Gasteiger partial charge in [0, 0.05) is 11.1 Å². The van der Waals surface area contributed by atoms with Crippen molar-refractivity contribution in [2.45, 2.75) is 46.0 Å². The van der Waals surface area contributed by atoms with Crippen LogP contribution in [0.15, 0.2) is 77.3 Å². The fraction of sp³-hybridized carbons (Fsp3) is 0.280. The Bertz CT molecular complexity index is 907.